The van der Waals surface area contributed by atoms with Crippen LogP contribution in [0, 0.1) is 0 Å². The van der Waals surface area contributed by atoms with Gasteiger partial charge in [0.25, 0.3) is 0 Å². The largest absolute Gasteiger partial charge is 0.381 e. The van der Waals surface area contributed by atoms with Gasteiger partial charge in [0.2, 0.25) is 0 Å². The number of H-pyrrole nitrogens is 1. The Labute approximate surface area is 198 Å². The molecule has 0 bridgehead atoms. The molecule has 3 atom stereocenters. The molecule has 2 N–H and O–H groups in total. The summed E-state index contributed by atoms with van der Waals surface area (Å²) in [5, 5.41) is 5.14. The van der Waals surface area contributed by atoms with Crippen molar-refractivity contribution in [3.05, 3.63) is 77.6 Å². The van der Waals surface area contributed by atoms with E-state index >= 15 is 0 Å². The summed E-state index contributed by atoms with van der Waals surface area (Å²) >= 11 is 0. The first-order valence-electron chi connectivity index (χ1n) is 12.7. The minimum absolute atomic E-state index is 0.171. The zero-order valence-electron chi connectivity index (χ0n) is 20.4. The Morgan fingerprint density at radius 3 is 2.67 bits per heavy atom. The first-order valence-corrected chi connectivity index (χ1v) is 12.7. The zero-order valence-corrected chi connectivity index (χ0v) is 20.4. The minimum atomic E-state index is 0.171. The molecule has 0 saturated carbocycles. The summed E-state index contributed by atoms with van der Waals surface area (Å²) in [5.74, 6) is 0. The van der Waals surface area contributed by atoms with Crippen molar-refractivity contribution < 1.29 is 0 Å². The van der Waals surface area contributed by atoms with Crippen LogP contribution in [-0.4, -0.2) is 46.5 Å². The quantitative estimate of drug-likeness (QED) is 0.449. The van der Waals surface area contributed by atoms with Crippen molar-refractivity contribution in [2.75, 3.05) is 25.0 Å². The van der Waals surface area contributed by atoms with Crippen LogP contribution in [0.4, 0.5) is 5.69 Å². The van der Waals surface area contributed by atoms with Gasteiger partial charge in [-0.1, -0.05) is 50.8 Å². The predicted molar refractivity (Wildman–Crippen MR) is 140 cm³/mol. The van der Waals surface area contributed by atoms with Gasteiger partial charge in [0.05, 0.1) is 6.04 Å². The van der Waals surface area contributed by atoms with Crippen LogP contribution in [0.1, 0.15) is 62.9 Å². The monoisotopic (exact) mass is 442 g/mol. The minimum Gasteiger partial charge on any atom is -0.381 e. The van der Waals surface area contributed by atoms with E-state index in [0.29, 0.717) is 12.1 Å². The number of rotatable bonds is 7. The maximum Gasteiger partial charge on any atom is 0.0947 e. The first kappa shape index (κ1) is 22.1. The van der Waals surface area contributed by atoms with E-state index in [2.05, 4.69) is 96.0 Å². The highest BCUT2D eigenvalue weighted by molar-refractivity contribution is 5.85. The number of nitrogens with zero attached hydrogens (tertiary/aromatic N) is 2. The number of nitrogens with one attached hydrogen (secondary N) is 2. The molecule has 1 fully saturated rings. The van der Waals surface area contributed by atoms with Crippen LogP contribution in [0.15, 0.2) is 60.8 Å². The molecule has 174 valence electrons. The molecule has 4 nitrogen and oxygen atoms in total. The fourth-order valence-electron chi connectivity index (χ4n) is 5.93. The summed E-state index contributed by atoms with van der Waals surface area (Å²) in [7, 11) is 0. The van der Waals surface area contributed by atoms with E-state index in [9.17, 15) is 0 Å². The number of likely N-dealkylation sites (tertiary alicyclic amines) is 1. The van der Waals surface area contributed by atoms with E-state index in [1.54, 1.807) is 0 Å². The molecule has 2 aliphatic heterocycles. The van der Waals surface area contributed by atoms with E-state index in [1.807, 2.05) is 0 Å². The van der Waals surface area contributed by atoms with Gasteiger partial charge >= 0.3 is 0 Å². The van der Waals surface area contributed by atoms with E-state index < -0.39 is 0 Å². The molecule has 0 spiro atoms. The van der Waals surface area contributed by atoms with Gasteiger partial charge in [-0.2, -0.15) is 0 Å². The molecule has 2 aliphatic rings. The van der Waals surface area contributed by atoms with Gasteiger partial charge in [-0.15, -0.1) is 0 Å². The molecule has 0 radical (unpaired) electrons. The molecule has 3 heterocycles. The third kappa shape index (κ3) is 4.17. The Hall–Kier alpha value is -2.72. The summed E-state index contributed by atoms with van der Waals surface area (Å²) in [6.07, 6.45) is 4.47. The Morgan fingerprint density at radius 1 is 1.12 bits per heavy atom. The number of aromatic nitrogens is 1. The van der Waals surface area contributed by atoms with Crippen LogP contribution in [0.2, 0.25) is 0 Å². The predicted octanol–water partition coefficient (Wildman–Crippen LogP) is 6.32. The number of benzene rings is 2. The number of fused-ring (bicyclic) bond motifs is 3. The fraction of sp³-hybridized carbons (Fsp3) is 0.448. The Balaban J connectivity index is 1.45. The smallest absolute Gasteiger partial charge is 0.0947 e. The lowest BCUT2D eigenvalue weighted by Gasteiger charge is -2.43. The van der Waals surface area contributed by atoms with Gasteiger partial charge in [-0.3, -0.25) is 0 Å². The normalized spacial score (nSPS) is 23.1. The summed E-state index contributed by atoms with van der Waals surface area (Å²) < 4.78 is 0. The van der Waals surface area contributed by atoms with E-state index in [-0.39, 0.29) is 6.04 Å². The Bertz CT molecular complexity index is 1110. The van der Waals surface area contributed by atoms with Crippen LogP contribution in [0.25, 0.3) is 10.9 Å². The lowest BCUT2D eigenvalue weighted by molar-refractivity contribution is 0.196. The molecule has 1 saturated heterocycles. The number of aromatic amines is 1. The molecule has 1 aromatic heterocycles. The SMILES string of the molecule is C=C(CC)N1[C@H](c2ccc(N[C@H]3CCN(CCC)C3)cc2)c2[nH]c3ccccc3c2C[C@H]1C. The highest BCUT2D eigenvalue weighted by Gasteiger charge is 2.36. The highest BCUT2D eigenvalue weighted by Crippen LogP contribution is 2.43. The maximum atomic E-state index is 4.45. The van der Waals surface area contributed by atoms with Crippen LogP contribution in [0.3, 0.4) is 0 Å². The van der Waals surface area contributed by atoms with Gasteiger partial charge in [0.1, 0.15) is 0 Å². The van der Waals surface area contributed by atoms with Gasteiger partial charge in [-0.05, 0) is 68.5 Å². The Kier molecular flexibility index (Phi) is 6.20. The summed E-state index contributed by atoms with van der Waals surface area (Å²) in [5.41, 5.74) is 7.79. The van der Waals surface area contributed by atoms with Crippen molar-refractivity contribution in [1.29, 1.82) is 0 Å². The van der Waals surface area contributed by atoms with Gasteiger partial charge in [-0.25, -0.2) is 0 Å². The first-order chi connectivity index (χ1) is 16.1. The third-order valence-corrected chi connectivity index (χ3v) is 7.56. The van der Waals surface area contributed by atoms with Gasteiger partial charge in [0.15, 0.2) is 0 Å². The second-order valence-electron chi connectivity index (χ2n) is 9.90. The molecular weight excluding hydrogens is 404 g/mol. The van der Waals surface area contributed by atoms with Crippen LogP contribution >= 0.6 is 0 Å². The number of allylic oxidation sites excluding steroid dienone is 1. The second kappa shape index (κ2) is 9.26. The van der Waals surface area contributed by atoms with Crippen LogP contribution in [-0.2, 0) is 6.42 Å². The number of anilines is 1. The maximum absolute atomic E-state index is 4.45. The molecule has 5 rings (SSSR count). The molecule has 3 aromatic rings. The summed E-state index contributed by atoms with van der Waals surface area (Å²) in [6.45, 7) is 14.8. The lowest BCUT2D eigenvalue weighted by Crippen LogP contribution is -2.41. The zero-order chi connectivity index (χ0) is 22.9. The standard InChI is InChI=1S/C29H38N4/c1-5-16-32-17-15-24(19-32)30-23-13-11-22(12-14-23)29-28-26(18-21(4)33(29)20(3)6-2)25-9-7-8-10-27(25)31-28/h7-14,21,24,29-31H,3,5-6,15-19H2,1-2,4H3/t21-,24+,29-/m1/s1. The van der Waals surface area contributed by atoms with Crippen LogP contribution < -0.4 is 5.32 Å². The van der Waals surface area contributed by atoms with Gasteiger partial charge < -0.3 is 20.1 Å². The number of para-hydroxylation sites is 1. The van der Waals surface area contributed by atoms with Gasteiger partial charge in [0, 0.05) is 53.2 Å². The molecule has 0 unspecified atom stereocenters. The third-order valence-electron chi connectivity index (χ3n) is 7.56. The summed E-state index contributed by atoms with van der Waals surface area (Å²) in [4.78, 5) is 8.89. The van der Waals surface area contributed by atoms with E-state index in [1.165, 1.54) is 65.0 Å². The Morgan fingerprint density at radius 2 is 1.91 bits per heavy atom. The topological polar surface area (TPSA) is 34.3 Å². The molecule has 0 amide bonds. The second-order valence-corrected chi connectivity index (χ2v) is 9.90. The van der Waals surface area contributed by atoms with Crippen molar-refractivity contribution in [2.24, 2.45) is 0 Å². The van der Waals surface area contributed by atoms with Crippen molar-refractivity contribution >= 4 is 16.6 Å². The van der Waals surface area contributed by atoms with Crippen molar-refractivity contribution in [3.8, 4) is 0 Å². The van der Waals surface area contributed by atoms with E-state index in [4.69, 9.17) is 0 Å². The highest BCUT2D eigenvalue weighted by atomic mass is 15.2. The molecule has 0 aliphatic carbocycles. The fourth-order valence-corrected chi connectivity index (χ4v) is 5.93. The molecular formula is C29H38N4. The van der Waals surface area contributed by atoms with Crippen molar-refractivity contribution in [1.82, 2.24) is 14.8 Å². The van der Waals surface area contributed by atoms with Crippen molar-refractivity contribution in [2.45, 2.75) is 64.6 Å². The average molecular weight is 443 g/mol. The molecule has 2 aromatic carbocycles. The number of hydrogen-bond donors (Lipinski definition) is 2. The summed E-state index contributed by atoms with van der Waals surface area (Å²) in [6, 6.07) is 19.0. The van der Waals surface area contributed by atoms with Crippen LogP contribution in [0.5, 0.6) is 0 Å². The lowest BCUT2D eigenvalue weighted by atomic mass is 9.88. The average Bonchev–Trinajstić information content (AvgIpc) is 3.42. The molecule has 33 heavy (non-hydrogen) atoms. The van der Waals surface area contributed by atoms with Crippen molar-refractivity contribution in [3.63, 3.8) is 0 Å². The molecule has 4 heteroatoms. The van der Waals surface area contributed by atoms with E-state index in [0.717, 1.165) is 19.4 Å². The number of hydrogen-bond acceptors (Lipinski definition) is 3.